The van der Waals surface area contributed by atoms with Gasteiger partial charge in [0, 0.05) is 11.1 Å². The summed E-state index contributed by atoms with van der Waals surface area (Å²) < 4.78 is 1.70. The lowest BCUT2D eigenvalue weighted by Gasteiger charge is -2.05. The first-order chi connectivity index (χ1) is 15.3. The number of carbonyl (C=O) groups is 1. The molecule has 0 aliphatic carbocycles. The zero-order chi connectivity index (χ0) is 21.0. The van der Waals surface area contributed by atoms with Gasteiger partial charge in [0.2, 0.25) is 5.16 Å². The van der Waals surface area contributed by atoms with Crippen molar-refractivity contribution in [1.29, 1.82) is 0 Å². The average molecular weight is 423 g/mol. The number of ketones is 1. The highest BCUT2D eigenvalue weighted by molar-refractivity contribution is 7.99. The van der Waals surface area contributed by atoms with Crippen LogP contribution in [0.2, 0.25) is 0 Å². The zero-order valence-electron chi connectivity index (χ0n) is 16.6. The molecule has 0 saturated carbocycles. The summed E-state index contributed by atoms with van der Waals surface area (Å²) >= 11 is 1.34. The topological polar surface area (TPSA) is 60.2 Å². The summed E-state index contributed by atoms with van der Waals surface area (Å²) in [4.78, 5) is 12.4. The number of hydrogen-bond donors (Lipinski definition) is 0. The smallest absolute Gasteiger partial charge is 0.212 e. The average Bonchev–Trinajstić information content (AvgIpc) is 3.26. The molecular formula is C25H18N4OS. The molecule has 3 aromatic carbocycles. The summed E-state index contributed by atoms with van der Waals surface area (Å²) in [6, 6.07) is 31.7. The minimum absolute atomic E-state index is 0.0509. The van der Waals surface area contributed by atoms with E-state index >= 15 is 0 Å². The van der Waals surface area contributed by atoms with Crippen molar-refractivity contribution in [1.82, 2.24) is 19.8 Å². The van der Waals surface area contributed by atoms with Gasteiger partial charge in [0.15, 0.2) is 11.4 Å². The van der Waals surface area contributed by atoms with E-state index in [1.807, 2.05) is 60.7 Å². The van der Waals surface area contributed by atoms with E-state index in [1.54, 1.807) is 4.52 Å². The number of rotatable bonds is 6. The van der Waals surface area contributed by atoms with Gasteiger partial charge in [0.1, 0.15) is 0 Å². The first-order valence-corrected chi connectivity index (χ1v) is 10.9. The van der Waals surface area contributed by atoms with Crippen molar-refractivity contribution >= 4 is 23.2 Å². The molecular weight excluding hydrogens is 404 g/mol. The van der Waals surface area contributed by atoms with Crippen LogP contribution in [-0.4, -0.2) is 31.3 Å². The molecule has 0 aliphatic rings. The van der Waals surface area contributed by atoms with Gasteiger partial charge in [-0.05, 0) is 23.3 Å². The molecule has 5 nitrogen and oxygen atoms in total. The summed E-state index contributed by atoms with van der Waals surface area (Å²) in [5.41, 5.74) is 5.51. The van der Waals surface area contributed by atoms with Gasteiger partial charge in [-0.15, -0.1) is 10.2 Å². The Hall–Kier alpha value is -3.77. The molecule has 0 spiro atoms. The monoisotopic (exact) mass is 422 g/mol. The van der Waals surface area contributed by atoms with Gasteiger partial charge in [0.05, 0.1) is 11.4 Å². The van der Waals surface area contributed by atoms with Crippen molar-refractivity contribution < 1.29 is 4.79 Å². The number of hydrogen-bond acceptors (Lipinski definition) is 5. The van der Waals surface area contributed by atoms with Gasteiger partial charge in [0.25, 0.3) is 0 Å². The van der Waals surface area contributed by atoms with Crippen LogP contribution in [0.25, 0.3) is 28.0 Å². The second-order valence-corrected chi connectivity index (χ2v) is 7.93. The van der Waals surface area contributed by atoms with Crippen molar-refractivity contribution in [2.24, 2.45) is 0 Å². The largest absolute Gasteiger partial charge is 0.293 e. The van der Waals surface area contributed by atoms with Gasteiger partial charge in [-0.3, -0.25) is 4.79 Å². The van der Waals surface area contributed by atoms with Crippen LogP contribution in [0.3, 0.4) is 0 Å². The molecule has 0 aliphatic heterocycles. The number of nitrogens with zero attached hydrogens (tertiary/aromatic N) is 4. The number of fused-ring (bicyclic) bond motifs is 1. The first kappa shape index (κ1) is 19.2. The molecule has 0 amide bonds. The summed E-state index contributed by atoms with van der Waals surface area (Å²) in [7, 11) is 0. The van der Waals surface area contributed by atoms with Crippen LogP contribution in [-0.2, 0) is 0 Å². The Morgan fingerprint density at radius 3 is 2.10 bits per heavy atom. The number of Topliss-reactive ketones (excluding diaryl/α,β-unsaturated/α-hetero) is 1. The number of thioether (sulfide) groups is 1. The van der Waals surface area contributed by atoms with Crippen LogP contribution in [0, 0.1) is 0 Å². The fourth-order valence-electron chi connectivity index (χ4n) is 3.31. The quantitative estimate of drug-likeness (QED) is 0.270. The Balaban J connectivity index is 1.38. The van der Waals surface area contributed by atoms with Crippen molar-refractivity contribution in [3.05, 3.63) is 103 Å². The van der Waals surface area contributed by atoms with E-state index in [-0.39, 0.29) is 11.5 Å². The molecule has 2 aromatic heterocycles. The predicted molar refractivity (Wildman–Crippen MR) is 123 cm³/mol. The maximum absolute atomic E-state index is 12.4. The molecule has 0 unspecified atom stereocenters. The van der Waals surface area contributed by atoms with Crippen LogP contribution < -0.4 is 0 Å². The van der Waals surface area contributed by atoms with Crippen molar-refractivity contribution in [2.45, 2.75) is 5.16 Å². The minimum atomic E-state index is 0.0509. The molecule has 0 atom stereocenters. The van der Waals surface area contributed by atoms with Gasteiger partial charge in [-0.2, -0.15) is 9.61 Å². The van der Waals surface area contributed by atoms with Crippen molar-refractivity contribution in [3.63, 3.8) is 0 Å². The van der Waals surface area contributed by atoms with Gasteiger partial charge in [-0.1, -0.05) is 96.7 Å². The standard InChI is InChI=1S/C25H18N4OS/c30-23(21-9-5-2-6-10-21)17-31-25-27-26-24-16-15-22(28-29(24)25)20-13-11-19(12-14-20)18-7-3-1-4-8-18/h1-16H,17H2. The molecule has 0 bridgehead atoms. The lowest BCUT2D eigenvalue weighted by molar-refractivity contribution is 0.102. The van der Waals surface area contributed by atoms with E-state index in [4.69, 9.17) is 5.10 Å². The highest BCUT2D eigenvalue weighted by atomic mass is 32.2. The Morgan fingerprint density at radius 2 is 1.35 bits per heavy atom. The van der Waals surface area contributed by atoms with E-state index in [0.29, 0.717) is 16.4 Å². The molecule has 0 fully saturated rings. The normalized spacial score (nSPS) is 11.0. The Morgan fingerprint density at radius 1 is 0.710 bits per heavy atom. The predicted octanol–water partition coefficient (Wildman–Crippen LogP) is 5.43. The Bertz CT molecular complexity index is 1330. The third kappa shape index (κ3) is 4.11. The minimum Gasteiger partial charge on any atom is -0.293 e. The third-order valence-electron chi connectivity index (χ3n) is 4.95. The van der Waals surface area contributed by atoms with Crippen LogP contribution in [0.1, 0.15) is 10.4 Å². The SMILES string of the molecule is O=C(CSc1nnc2ccc(-c3ccc(-c4ccccc4)cc3)nn12)c1ccccc1. The molecule has 0 N–H and O–H groups in total. The van der Waals surface area contributed by atoms with E-state index < -0.39 is 0 Å². The van der Waals surface area contributed by atoms with E-state index in [9.17, 15) is 4.79 Å². The van der Waals surface area contributed by atoms with E-state index in [1.165, 1.54) is 17.3 Å². The zero-order valence-corrected chi connectivity index (χ0v) is 17.4. The molecule has 5 aromatic rings. The van der Waals surface area contributed by atoms with Crippen molar-refractivity contribution in [3.8, 4) is 22.4 Å². The number of carbonyl (C=O) groups excluding carboxylic acids is 1. The molecule has 2 heterocycles. The third-order valence-corrected chi connectivity index (χ3v) is 5.87. The molecule has 0 radical (unpaired) electrons. The summed E-state index contributed by atoms with van der Waals surface area (Å²) in [5.74, 6) is 0.331. The fourth-order valence-corrected chi connectivity index (χ4v) is 4.10. The van der Waals surface area contributed by atoms with Crippen LogP contribution in [0.4, 0.5) is 0 Å². The number of aromatic nitrogens is 4. The van der Waals surface area contributed by atoms with E-state index in [0.717, 1.165) is 16.8 Å². The Labute approximate surface area is 183 Å². The molecule has 150 valence electrons. The molecule has 0 saturated heterocycles. The van der Waals surface area contributed by atoms with Crippen LogP contribution in [0.5, 0.6) is 0 Å². The van der Waals surface area contributed by atoms with E-state index in [2.05, 4.69) is 46.6 Å². The molecule has 31 heavy (non-hydrogen) atoms. The van der Waals surface area contributed by atoms with Gasteiger partial charge in [-0.25, -0.2) is 0 Å². The lowest BCUT2D eigenvalue weighted by atomic mass is 10.0. The van der Waals surface area contributed by atoms with Crippen LogP contribution >= 0.6 is 11.8 Å². The fraction of sp³-hybridized carbons (Fsp3) is 0.0400. The maximum atomic E-state index is 12.4. The molecule has 5 rings (SSSR count). The van der Waals surface area contributed by atoms with Crippen LogP contribution in [0.15, 0.2) is 102 Å². The van der Waals surface area contributed by atoms with Gasteiger partial charge >= 0.3 is 0 Å². The molecule has 6 heteroatoms. The Kier molecular flexibility index (Phi) is 5.29. The summed E-state index contributed by atoms with van der Waals surface area (Å²) in [6.07, 6.45) is 0. The highest BCUT2D eigenvalue weighted by Crippen LogP contribution is 2.25. The second kappa shape index (κ2) is 8.53. The summed E-state index contributed by atoms with van der Waals surface area (Å²) in [6.45, 7) is 0. The van der Waals surface area contributed by atoms with Gasteiger partial charge < -0.3 is 0 Å². The lowest BCUT2D eigenvalue weighted by Crippen LogP contribution is -2.03. The van der Waals surface area contributed by atoms with Crippen molar-refractivity contribution in [2.75, 3.05) is 5.75 Å². The highest BCUT2D eigenvalue weighted by Gasteiger charge is 2.13. The summed E-state index contributed by atoms with van der Waals surface area (Å²) in [5, 5.41) is 13.7. The number of benzene rings is 3. The second-order valence-electron chi connectivity index (χ2n) is 6.99. The first-order valence-electron chi connectivity index (χ1n) is 9.87. The maximum Gasteiger partial charge on any atom is 0.212 e.